The predicted octanol–water partition coefficient (Wildman–Crippen LogP) is 2.60. The third kappa shape index (κ3) is 2.41. The fraction of sp³-hybridized carbons (Fsp3) is 0.583. The van der Waals surface area contributed by atoms with E-state index in [-0.39, 0.29) is 5.91 Å². The summed E-state index contributed by atoms with van der Waals surface area (Å²) in [6.07, 6.45) is 6.30. The van der Waals surface area contributed by atoms with Crippen molar-refractivity contribution in [3.8, 4) is 0 Å². The van der Waals surface area contributed by atoms with Gasteiger partial charge in [0.25, 0.3) is 5.91 Å². The number of hydrogen-bond acceptors (Lipinski definition) is 2. The van der Waals surface area contributed by atoms with E-state index in [0.29, 0.717) is 5.56 Å². The van der Waals surface area contributed by atoms with Crippen molar-refractivity contribution in [2.24, 2.45) is 0 Å². The van der Waals surface area contributed by atoms with Crippen LogP contribution in [0.1, 0.15) is 41.8 Å². The van der Waals surface area contributed by atoms with Gasteiger partial charge in [0.15, 0.2) is 0 Å². The van der Waals surface area contributed by atoms with Crippen LogP contribution in [0.4, 0.5) is 0 Å². The van der Waals surface area contributed by atoms with Gasteiger partial charge >= 0.3 is 0 Å². The summed E-state index contributed by atoms with van der Waals surface area (Å²) >= 11 is 0. The zero-order chi connectivity index (χ0) is 10.7. The van der Waals surface area contributed by atoms with Crippen molar-refractivity contribution < 1.29 is 9.21 Å². The molecule has 3 heteroatoms. The molecule has 3 nitrogen and oxygen atoms in total. The molecule has 15 heavy (non-hydrogen) atoms. The van der Waals surface area contributed by atoms with Crippen LogP contribution in [-0.2, 0) is 0 Å². The molecule has 82 valence electrons. The van der Waals surface area contributed by atoms with Crippen LogP contribution in [0.2, 0.25) is 0 Å². The predicted molar refractivity (Wildman–Crippen MR) is 57.8 cm³/mol. The second-order valence-corrected chi connectivity index (χ2v) is 4.15. The summed E-state index contributed by atoms with van der Waals surface area (Å²) in [5.41, 5.74) is 0.689. The maximum atomic E-state index is 12.0. The highest BCUT2D eigenvalue weighted by molar-refractivity contribution is 5.94. The Bertz CT molecular complexity index is 335. The van der Waals surface area contributed by atoms with Crippen molar-refractivity contribution in [2.75, 3.05) is 13.1 Å². The van der Waals surface area contributed by atoms with Gasteiger partial charge in [-0.25, -0.2) is 0 Å². The van der Waals surface area contributed by atoms with Gasteiger partial charge in [-0.15, -0.1) is 0 Å². The molecule has 0 aromatic carbocycles. The van der Waals surface area contributed by atoms with Gasteiger partial charge in [-0.3, -0.25) is 4.79 Å². The SMILES string of the molecule is Cc1cc(C(=O)N2CCCCCC2)co1. The van der Waals surface area contributed by atoms with E-state index in [9.17, 15) is 4.79 Å². The smallest absolute Gasteiger partial charge is 0.257 e. The number of furan rings is 1. The fourth-order valence-corrected chi connectivity index (χ4v) is 2.01. The van der Waals surface area contributed by atoms with Crippen LogP contribution in [-0.4, -0.2) is 23.9 Å². The lowest BCUT2D eigenvalue weighted by Gasteiger charge is -2.19. The van der Waals surface area contributed by atoms with Crippen LogP contribution in [0.5, 0.6) is 0 Å². The first kappa shape index (κ1) is 10.3. The number of hydrogen-bond donors (Lipinski definition) is 0. The Morgan fingerprint density at radius 3 is 2.47 bits per heavy atom. The van der Waals surface area contributed by atoms with Gasteiger partial charge in [-0.05, 0) is 25.8 Å². The lowest BCUT2D eigenvalue weighted by molar-refractivity contribution is 0.0761. The number of carbonyl (C=O) groups is 1. The molecular formula is C12H17NO2. The van der Waals surface area contributed by atoms with E-state index < -0.39 is 0 Å². The monoisotopic (exact) mass is 207 g/mol. The molecule has 1 saturated heterocycles. The second kappa shape index (κ2) is 4.51. The molecule has 0 unspecified atom stereocenters. The van der Waals surface area contributed by atoms with Gasteiger partial charge in [-0.2, -0.15) is 0 Å². The Kier molecular flexibility index (Phi) is 3.09. The molecule has 1 aliphatic heterocycles. The lowest BCUT2D eigenvalue weighted by Crippen LogP contribution is -2.31. The van der Waals surface area contributed by atoms with Gasteiger partial charge in [0.2, 0.25) is 0 Å². The van der Waals surface area contributed by atoms with E-state index in [1.54, 1.807) is 6.26 Å². The first-order valence-corrected chi connectivity index (χ1v) is 5.62. The number of carbonyl (C=O) groups excluding carboxylic acids is 1. The van der Waals surface area contributed by atoms with E-state index in [4.69, 9.17) is 4.42 Å². The third-order valence-corrected chi connectivity index (χ3v) is 2.87. The molecule has 0 atom stereocenters. The largest absolute Gasteiger partial charge is 0.469 e. The van der Waals surface area contributed by atoms with E-state index >= 15 is 0 Å². The first-order valence-electron chi connectivity index (χ1n) is 5.62. The first-order chi connectivity index (χ1) is 7.27. The minimum atomic E-state index is 0.119. The summed E-state index contributed by atoms with van der Waals surface area (Å²) in [6.45, 7) is 3.64. The lowest BCUT2D eigenvalue weighted by atomic mass is 10.2. The molecule has 1 aromatic heterocycles. The van der Waals surface area contributed by atoms with Crippen LogP contribution >= 0.6 is 0 Å². The summed E-state index contributed by atoms with van der Waals surface area (Å²) in [4.78, 5) is 14.0. The molecule has 2 heterocycles. The summed E-state index contributed by atoms with van der Waals surface area (Å²) in [6, 6.07) is 1.81. The minimum absolute atomic E-state index is 0.119. The van der Waals surface area contributed by atoms with Gasteiger partial charge in [-0.1, -0.05) is 12.8 Å². The molecule has 0 radical (unpaired) electrons. The highest BCUT2D eigenvalue weighted by atomic mass is 16.3. The van der Waals surface area contributed by atoms with Gasteiger partial charge in [0, 0.05) is 13.1 Å². The fourth-order valence-electron chi connectivity index (χ4n) is 2.01. The summed E-state index contributed by atoms with van der Waals surface area (Å²) in [5.74, 6) is 0.918. The molecule has 1 amide bonds. The Hall–Kier alpha value is -1.25. The molecule has 2 rings (SSSR count). The minimum Gasteiger partial charge on any atom is -0.469 e. The molecule has 0 aliphatic carbocycles. The third-order valence-electron chi connectivity index (χ3n) is 2.87. The molecule has 0 N–H and O–H groups in total. The maximum absolute atomic E-state index is 12.0. The van der Waals surface area contributed by atoms with Crippen molar-refractivity contribution >= 4 is 5.91 Å². The Labute approximate surface area is 90.1 Å². The maximum Gasteiger partial charge on any atom is 0.257 e. The second-order valence-electron chi connectivity index (χ2n) is 4.15. The number of aryl methyl sites for hydroxylation is 1. The molecule has 1 aromatic rings. The van der Waals surface area contributed by atoms with Crippen LogP contribution < -0.4 is 0 Å². The quantitative estimate of drug-likeness (QED) is 0.709. The molecule has 0 saturated carbocycles. The standard InChI is InChI=1S/C12H17NO2/c1-10-8-11(9-15-10)12(14)13-6-4-2-3-5-7-13/h8-9H,2-7H2,1H3. The molecule has 1 aliphatic rings. The zero-order valence-corrected chi connectivity index (χ0v) is 9.16. The Morgan fingerprint density at radius 1 is 1.27 bits per heavy atom. The van der Waals surface area contributed by atoms with Crippen LogP contribution in [0.25, 0.3) is 0 Å². The van der Waals surface area contributed by atoms with Crippen molar-refractivity contribution in [3.05, 3.63) is 23.7 Å². The molecular weight excluding hydrogens is 190 g/mol. The van der Waals surface area contributed by atoms with Gasteiger partial charge in [0.05, 0.1) is 5.56 Å². The Morgan fingerprint density at radius 2 is 1.93 bits per heavy atom. The molecule has 0 spiro atoms. The van der Waals surface area contributed by atoms with Crippen molar-refractivity contribution in [3.63, 3.8) is 0 Å². The van der Waals surface area contributed by atoms with E-state index in [1.165, 1.54) is 12.8 Å². The van der Waals surface area contributed by atoms with E-state index in [2.05, 4.69) is 0 Å². The van der Waals surface area contributed by atoms with E-state index in [0.717, 1.165) is 31.7 Å². The number of nitrogens with zero attached hydrogens (tertiary/aromatic N) is 1. The molecule has 1 fully saturated rings. The highest BCUT2D eigenvalue weighted by Crippen LogP contribution is 2.14. The number of amides is 1. The van der Waals surface area contributed by atoms with Gasteiger partial charge < -0.3 is 9.32 Å². The zero-order valence-electron chi connectivity index (χ0n) is 9.16. The van der Waals surface area contributed by atoms with Crippen molar-refractivity contribution in [2.45, 2.75) is 32.6 Å². The van der Waals surface area contributed by atoms with Crippen LogP contribution in [0.15, 0.2) is 16.7 Å². The Balaban J connectivity index is 2.06. The normalized spacial score (nSPS) is 17.5. The molecule has 0 bridgehead atoms. The van der Waals surface area contributed by atoms with Crippen molar-refractivity contribution in [1.82, 2.24) is 4.90 Å². The highest BCUT2D eigenvalue weighted by Gasteiger charge is 2.18. The average molecular weight is 207 g/mol. The van der Waals surface area contributed by atoms with Crippen molar-refractivity contribution in [1.29, 1.82) is 0 Å². The average Bonchev–Trinajstić information content (AvgIpc) is 2.53. The van der Waals surface area contributed by atoms with Gasteiger partial charge in [0.1, 0.15) is 12.0 Å². The topological polar surface area (TPSA) is 33.5 Å². The summed E-state index contributed by atoms with van der Waals surface area (Å²) in [5, 5.41) is 0. The summed E-state index contributed by atoms with van der Waals surface area (Å²) in [7, 11) is 0. The van der Waals surface area contributed by atoms with Crippen LogP contribution in [0.3, 0.4) is 0 Å². The van der Waals surface area contributed by atoms with E-state index in [1.807, 2.05) is 17.9 Å². The summed E-state index contributed by atoms with van der Waals surface area (Å²) < 4.78 is 5.16. The number of rotatable bonds is 1. The number of likely N-dealkylation sites (tertiary alicyclic amines) is 1. The van der Waals surface area contributed by atoms with Crippen LogP contribution in [0, 0.1) is 6.92 Å².